The first-order chi connectivity index (χ1) is 14.4. The lowest BCUT2D eigenvalue weighted by Gasteiger charge is -2.00. The lowest BCUT2D eigenvalue weighted by Crippen LogP contribution is -1.85. The number of nitrogens with zero attached hydrogens (tertiary/aromatic N) is 4. The Labute approximate surface area is 169 Å². The smallest absolute Gasteiger partial charge is 0.159 e. The summed E-state index contributed by atoms with van der Waals surface area (Å²) in [4.78, 5) is 17.1. The number of para-hydroxylation sites is 1. The quantitative estimate of drug-likeness (QED) is 0.427. The highest BCUT2D eigenvalue weighted by Gasteiger charge is 2.16. The first-order valence-corrected chi connectivity index (χ1v) is 10.1. The average molecular weight is 394 g/mol. The fraction of sp³-hybridized carbons (Fsp3) is 0. The third-order valence-electron chi connectivity index (χ3n) is 4.97. The molecule has 0 radical (unpaired) electrons. The SMILES string of the molecule is c1cncc(-c2cc3c(-c4nc5c(-c6ccsc6)cccc5[nH]4)n[nH]c3cn2)c1. The Kier molecular flexibility index (Phi) is 3.54. The Morgan fingerprint density at radius 2 is 1.93 bits per heavy atom. The molecule has 0 aliphatic rings. The van der Waals surface area contributed by atoms with Crippen LogP contribution in [0.1, 0.15) is 0 Å². The molecular weight excluding hydrogens is 380 g/mol. The van der Waals surface area contributed by atoms with Gasteiger partial charge in [-0.2, -0.15) is 16.4 Å². The second kappa shape index (κ2) is 6.35. The van der Waals surface area contributed by atoms with E-state index < -0.39 is 0 Å². The minimum atomic E-state index is 0.734. The van der Waals surface area contributed by atoms with Crippen LogP contribution in [0.2, 0.25) is 0 Å². The Balaban J connectivity index is 1.53. The van der Waals surface area contributed by atoms with Gasteiger partial charge in [0, 0.05) is 28.9 Å². The first-order valence-electron chi connectivity index (χ1n) is 9.13. The van der Waals surface area contributed by atoms with Gasteiger partial charge in [0.2, 0.25) is 0 Å². The summed E-state index contributed by atoms with van der Waals surface area (Å²) in [5.74, 6) is 0.734. The Morgan fingerprint density at radius 1 is 0.931 bits per heavy atom. The van der Waals surface area contributed by atoms with Gasteiger partial charge in [0.1, 0.15) is 5.69 Å². The van der Waals surface area contributed by atoms with Crippen LogP contribution in [-0.4, -0.2) is 30.1 Å². The molecule has 29 heavy (non-hydrogen) atoms. The molecule has 0 atom stereocenters. The minimum Gasteiger partial charge on any atom is -0.337 e. The molecule has 6 aromatic rings. The molecule has 6 nitrogen and oxygen atoms in total. The number of imidazole rings is 1. The Hall–Kier alpha value is -3.84. The largest absolute Gasteiger partial charge is 0.337 e. The zero-order valence-corrected chi connectivity index (χ0v) is 15.9. The van der Waals surface area contributed by atoms with Crippen molar-refractivity contribution in [3.63, 3.8) is 0 Å². The molecule has 7 heteroatoms. The predicted octanol–water partition coefficient (Wildman–Crippen LogP) is 5.29. The number of H-pyrrole nitrogens is 2. The van der Waals surface area contributed by atoms with Crippen molar-refractivity contribution >= 4 is 33.3 Å². The summed E-state index contributed by atoms with van der Waals surface area (Å²) in [5.41, 5.74) is 7.68. The van der Waals surface area contributed by atoms with E-state index in [0.717, 1.165) is 50.3 Å². The number of hydrogen-bond donors (Lipinski definition) is 2. The fourth-order valence-electron chi connectivity index (χ4n) is 3.56. The van der Waals surface area contributed by atoms with E-state index in [0.29, 0.717) is 0 Å². The molecule has 0 saturated carbocycles. The molecule has 5 heterocycles. The van der Waals surface area contributed by atoms with E-state index in [4.69, 9.17) is 4.98 Å². The zero-order chi connectivity index (χ0) is 19.2. The molecule has 0 fully saturated rings. The van der Waals surface area contributed by atoms with E-state index in [-0.39, 0.29) is 0 Å². The van der Waals surface area contributed by atoms with Crippen LogP contribution >= 0.6 is 11.3 Å². The van der Waals surface area contributed by atoms with Crippen LogP contribution in [0.25, 0.3) is 55.8 Å². The van der Waals surface area contributed by atoms with Crippen molar-refractivity contribution in [2.24, 2.45) is 0 Å². The molecule has 0 amide bonds. The average Bonchev–Trinajstić information content (AvgIpc) is 3.52. The van der Waals surface area contributed by atoms with Crippen LogP contribution < -0.4 is 0 Å². The number of hydrogen-bond acceptors (Lipinski definition) is 5. The van der Waals surface area contributed by atoms with Gasteiger partial charge in [0.05, 0.1) is 28.4 Å². The number of benzene rings is 1. The molecule has 0 bridgehead atoms. The van der Waals surface area contributed by atoms with Crippen molar-refractivity contribution in [3.05, 3.63) is 71.8 Å². The molecule has 138 valence electrons. The molecule has 1 aromatic carbocycles. The van der Waals surface area contributed by atoms with Gasteiger partial charge >= 0.3 is 0 Å². The maximum absolute atomic E-state index is 4.90. The monoisotopic (exact) mass is 394 g/mol. The normalized spacial score (nSPS) is 11.4. The van der Waals surface area contributed by atoms with Gasteiger partial charge in [-0.25, -0.2) is 4.98 Å². The predicted molar refractivity (Wildman–Crippen MR) is 116 cm³/mol. The molecule has 5 aromatic heterocycles. The summed E-state index contributed by atoms with van der Waals surface area (Å²) in [5, 5.41) is 12.8. The van der Waals surface area contributed by atoms with Crippen LogP contribution in [0.3, 0.4) is 0 Å². The third kappa shape index (κ3) is 2.63. The van der Waals surface area contributed by atoms with Crippen molar-refractivity contribution in [1.82, 2.24) is 30.1 Å². The van der Waals surface area contributed by atoms with E-state index in [1.807, 2.05) is 36.5 Å². The topological polar surface area (TPSA) is 83.1 Å². The van der Waals surface area contributed by atoms with Gasteiger partial charge in [0.25, 0.3) is 0 Å². The molecular formula is C22H14N6S. The van der Waals surface area contributed by atoms with Crippen molar-refractivity contribution in [3.8, 4) is 33.9 Å². The number of pyridine rings is 2. The molecule has 0 spiro atoms. The molecule has 0 unspecified atom stereocenters. The summed E-state index contributed by atoms with van der Waals surface area (Å²) >= 11 is 1.68. The van der Waals surface area contributed by atoms with Crippen LogP contribution in [-0.2, 0) is 0 Å². The van der Waals surface area contributed by atoms with Crippen molar-refractivity contribution in [2.75, 3.05) is 0 Å². The van der Waals surface area contributed by atoms with Crippen LogP contribution in [0.4, 0.5) is 0 Å². The van der Waals surface area contributed by atoms with E-state index in [1.165, 1.54) is 5.56 Å². The molecule has 2 N–H and O–H groups in total. The lowest BCUT2D eigenvalue weighted by molar-refractivity contribution is 1.10. The van der Waals surface area contributed by atoms with Crippen LogP contribution in [0, 0.1) is 0 Å². The zero-order valence-electron chi connectivity index (χ0n) is 15.1. The Morgan fingerprint density at radius 3 is 2.79 bits per heavy atom. The lowest BCUT2D eigenvalue weighted by atomic mass is 10.1. The highest BCUT2D eigenvalue weighted by Crippen LogP contribution is 2.33. The van der Waals surface area contributed by atoms with Gasteiger partial charge in [0.15, 0.2) is 5.82 Å². The van der Waals surface area contributed by atoms with Gasteiger partial charge in [-0.3, -0.25) is 15.1 Å². The van der Waals surface area contributed by atoms with Crippen LogP contribution in [0.5, 0.6) is 0 Å². The van der Waals surface area contributed by atoms with E-state index >= 15 is 0 Å². The molecule has 0 aliphatic heterocycles. The first kappa shape index (κ1) is 16.1. The summed E-state index contributed by atoms with van der Waals surface area (Å²) in [7, 11) is 0. The van der Waals surface area contributed by atoms with Crippen molar-refractivity contribution in [2.45, 2.75) is 0 Å². The number of fused-ring (bicyclic) bond motifs is 2. The van der Waals surface area contributed by atoms with Gasteiger partial charge in [-0.1, -0.05) is 12.1 Å². The highest BCUT2D eigenvalue weighted by atomic mass is 32.1. The number of aromatic amines is 2. The molecule has 6 rings (SSSR count). The van der Waals surface area contributed by atoms with E-state index in [2.05, 4.69) is 48.0 Å². The summed E-state index contributed by atoms with van der Waals surface area (Å²) < 4.78 is 0. The summed E-state index contributed by atoms with van der Waals surface area (Å²) in [6.45, 7) is 0. The standard InChI is InChI=1S/C22H14N6S/c1-4-15(14-6-8-29-12-14)20-17(5-1)25-22(26-20)21-16-9-18(13-3-2-7-23-10-13)24-11-19(16)27-28-21/h1-12H,(H,25,26)(H,27,28). The van der Waals surface area contributed by atoms with Gasteiger partial charge in [-0.15, -0.1) is 0 Å². The maximum atomic E-state index is 4.90. The molecule has 0 aliphatic carbocycles. The second-order valence-corrected chi connectivity index (χ2v) is 7.51. The number of rotatable bonds is 3. The van der Waals surface area contributed by atoms with Crippen molar-refractivity contribution < 1.29 is 0 Å². The van der Waals surface area contributed by atoms with Gasteiger partial charge < -0.3 is 4.98 Å². The number of thiophene rings is 1. The maximum Gasteiger partial charge on any atom is 0.159 e. The summed E-state index contributed by atoms with van der Waals surface area (Å²) in [6, 6.07) is 14.2. The Bertz CT molecular complexity index is 1450. The van der Waals surface area contributed by atoms with Gasteiger partial charge in [-0.05, 0) is 46.7 Å². The number of aromatic nitrogens is 6. The van der Waals surface area contributed by atoms with Crippen LogP contribution in [0.15, 0.2) is 71.8 Å². The highest BCUT2D eigenvalue weighted by molar-refractivity contribution is 7.08. The fourth-order valence-corrected chi connectivity index (χ4v) is 4.22. The third-order valence-corrected chi connectivity index (χ3v) is 5.66. The van der Waals surface area contributed by atoms with E-state index in [1.54, 1.807) is 23.7 Å². The van der Waals surface area contributed by atoms with E-state index in [9.17, 15) is 0 Å². The molecule has 0 saturated heterocycles. The second-order valence-electron chi connectivity index (χ2n) is 6.73. The minimum absolute atomic E-state index is 0.734. The summed E-state index contributed by atoms with van der Waals surface area (Å²) in [6.07, 6.45) is 5.36. The number of nitrogens with one attached hydrogen (secondary N) is 2. The van der Waals surface area contributed by atoms with Crippen molar-refractivity contribution in [1.29, 1.82) is 0 Å².